The summed E-state index contributed by atoms with van der Waals surface area (Å²) in [7, 11) is -9.92. The minimum absolute atomic E-state index is 0.106. The summed E-state index contributed by atoms with van der Waals surface area (Å²) in [6, 6.07) is 0. The lowest BCUT2D eigenvalue weighted by Gasteiger charge is -2.21. The number of ether oxygens (including phenoxy) is 4. The van der Waals surface area contributed by atoms with E-state index in [0.717, 1.165) is 108 Å². The Morgan fingerprint density at radius 1 is 0.273 bits per heavy atom. The SMILES string of the molecule is CCCCCCCCCCCCC(=O)OC[C@H](COP(=O)(O)OC[C@H](O)COP(=O)(O)OC[C@@H](COC(=O)CCCCCCCCCCCCCCC(C)C)OC(=O)CCCCCCCCCCCCCCCCCCCCC(C)C)OC(=O)CCCCCCCCCCCCC(C)C. The van der Waals surface area contributed by atoms with E-state index in [2.05, 4.69) is 48.5 Å². The fraction of sp³-hybridized carbons (Fsp3) is 0.950. The van der Waals surface area contributed by atoms with Crippen molar-refractivity contribution in [3.05, 3.63) is 0 Å². The quantitative estimate of drug-likeness (QED) is 0.0222. The minimum Gasteiger partial charge on any atom is -0.462 e. The molecule has 0 aliphatic carbocycles. The molecule has 0 rings (SSSR count). The second-order valence-electron chi connectivity index (χ2n) is 30.2. The summed E-state index contributed by atoms with van der Waals surface area (Å²) in [4.78, 5) is 72.9. The van der Waals surface area contributed by atoms with E-state index in [1.54, 1.807) is 0 Å². The number of phosphoric ester groups is 2. The fourth-order valence-corrected chi connectivity index (χ4v) is 13.9. The average Bonchev–Trinajstić information content (AvgIpc) is 1.71. The lowest BCUT2D eigenvalue weighted by atomic mass is 10.0. The van der Waals surface area contributed by atoms with E-state index in [0.29, 0.717) is 25.7 Å². The van der Waals surface area contributed by atoms with Crippen LogP contribution >= 0.6 is 15.6 Å². The molecule has 0 heterocycles. The molecule has 0 fully saturated rings. The van der Waals surface area contributed by atoms with Gasteiger partial charge in [0.05, 0.1) is 26.4 Å². The van der Waals surface area contributed by atoms with Gasteiger partial charge < -0.3 is 33.8 Å². The smallest absolute Gasteiger partial charge is 0.462 e. The number of phosphoric acid groups is 2. The van der Waals surface area contributed by atoms with Gasteiger partial charge in [-0.05, 0) is 43.4 Å². The van der Waals surface area contributed by atoms with Crippen molar-refractivity contribution in [2.24, 2.45) is 17.8 Å². The summed E-state index contributed by atoms with van der Waals surface area (Å²) in [6.45, 7) is 12.0. The zero-order valence-electron chi connectivity index (χ0n) is 65.0. The molecule has 19 heteroatoms. The molecule has 0 saturated carbocycles. The van der Waals surface area contributed by atoms with Crippen LogP contribution in [0.4, 0.5) is 0 Å². The van der Waals surface area contributed by atoms with E-state index >= 15 is 0 Å². The standard InChI is InChI=1S/C80H156O17P2/c1-8-9-10-11-12-13-33-40-47-54-61-77(82)90-67-75(97-80(85)64-57-50-43-36-29-28-32-39-46-53-60-73(6)7)69-94-98(86,87)92-65-74(81)66-93-99(88,89)95-70-76(68-91-78(83)62-55-48-41-34-26-23-22-25-31-38-45-52-59-72(4)5)96-79(84)63-56-49-42-35-27-21-19-17-15-14-16-18-20-24-30-37-44-51-58-71(2)3/h71-76,81H,8-70H2,1-7H3,(H,86,87)(H,88,89)/t74-,75+,76+/m0/s1. The van der Waals surface area contributed by atoms with Crippen LogP contribution in [0.3, 0.4) is 0 Å². The van der Waals surface area contributed by atoms with E-state index in [-0.39, 0.29) is 25.7 Å². The predicted molar refractivity (Wildman–Crippen MR) is 405 cm³/mol. The van der Waals surface area contributed by atoms with Gasteiger partial charge in [0.2, 0.25) is 0 Å². The third kappa shape index (κ3) is 74.1. The molecular formula is C80H156O17P2. The maximum absolute atomic E-state index is 13.1. The number of carbonyl (C=O) groups is 4. The molecule has 0 aliphatic rings. The Balaban J connectivity index is 5.22. The van der Waals surface area contributed by atoms with Gasteiger partial charge in [-0.15, -0.1) is 0 Å². The summed E-state index contributed by atoms with van der Waals surface area (Å²) in [5.74, 6) is 0.242. The van der Waals surface area contributed by atoms with Gasteiger partial charge in [-0.25, -0.2) is 9.13 Å². The van der Waals surface area contributed by atoms with Crippen LogP contribution in [-0.4, -0.2) is 96.7 Å². The molecule has 17 nitrogen and oxygen atoms in total. The Bertz CT molecular complexity index is 1920. The van der Waals surface area contributed by atoms with Crippen molar-refractivity contribution in [2.45, 2.75) is 433 Å². The Morgan fingerprint density at radius 3 is 0.687 bits per heavy atom. The number of aliphatic hydroxyl groups excluding tert-OH is 1. The van der Waals surface area contributed by atoms with E-state index < -0.39 is 97.5 Å². The fourth-order valence-electron chi connectivity index (χ4n) is 12.3. The van der Waals surface area contributed by atoms with Crippen LogP contribution < -0.4 is 0 Å². The Hall–Kier alpha value is -1.94. The molecule has 0 spiro atoms. The molecule has 2 unspecified atom stereocenters. The normalized spacial score (nSPS) is 14.0. The highest BCUT2D eigenvalue weighted by atomic mass is 31.2. The average molecular weight is 1450 g/mol. The Morgan fingerprint density at radius 2 is 0.465 bits per heavy atom. The Kier molecular flexibility index (Phi) is 69.0. The van der Waals surface area contributed by atoms with Gasteiger partial charge in [0, 0.05) is 25.7 Å². The van der Waals surface area contributed by atoms with E-state index in [4.69, 9.17) is 37.0 Å². The third-order valence-electron chi connectivity index (χ3n) is 18.6. The summed E-state index contributed by atoms with van der Waals surface area (Å²) in [5.41, 5.74) is 0. The minimum atomic E-state index is -4.96. The summed E-state index contributed by atoms with van der Waals surface area (Å²) in [6.07, 6.45) is 58.3. The highest BCUT2D eigenvalue weighted by Crippen LogP contribution is 2.45. The largest absolute Gasteiger partial charge is 0.472 e. The van der Waals surface area contributed by atoms with Gasteiger partial charge in [-0.3, -0.25) is 37.3 Å². The number of hydrogen-bond acceptors (Lipinski definition) is 15. The lowest BCUT2D eigenvalue weighted by molar-refractivity contribution is -0.161. The van der Waals surface area contributed by atoms with Crippen molar-refractivity contribution in [2.75, 3.05) is 39.6 Å². The monoisotopic (exact) mass is 1450 g/mol. The molecule has 99 heavy (non-hydrogen) atoms. The highest BCUT2D eigenvalue weighted by Gasteiger charge is 2.30. The van der Waals surface area contributed by atoms with Crippen LogP contribution in [0, 0.1) is 17.8 Å². The number of esters is 4. The van der Waals surface area contributed by atoms with Gasteiger partial charge in [0.15, 0.2) is 12.2 Å². The number of rotatable bonds is 78. The van der Waals surface area contributed by atoms with Crippen LogP contribution in [0.2, 0.25) is 0 Å². The number of carbonyl (C=O) groups excluding carboxylic acids is 4. The molecule has 0 bridgehead atoms. The van der Waals surface area contributed by atoms with Crippen molar-refractivity contribution in [3.63, 3.8) is 0 Å². The van der Waals surface area contributed by atoms with Crippen molar-refractivity contribution in [1.29, 1.82) is 0 Å². The third-order valence-corrected chi connectivity index (χ3v) is 20.5. The van der Waals surface area contributed by atoms with Crippen LogP contribution in [0.15, 0.2) is 0 Å². The molecule has 5 atom stereocenters. The number of hydrogen-bond donors (Lipinski definition) is 3. The molecular weight excluding hydrogens is 1290 g/mol. The Labute approximate surface area is 607 Å². The van der Waals surface area contributed by atoms with Gasteiger partial charge in [-0.1, -0.05) is 363 Å². The molecule has 588 valence electrons. The van der Waals surface area contributed by atoms with Gasteiger partial charge in [0.25, 0.3) is 0 Å². The molecule has 0 aromatic carbocycles. The molecule has 3 N–H and O–H groups in total. The zero-order valence-corrected chi connectivity index (χ0v) is 66.8. The molecule has 0 saturated heterocycles. The van der Waals surface area contributed by atoms with Crippen molar-refractivity contribution in [1.82, 2.24) is 0 Å². The summed E-state index contributed by atoms with van der Waals surface area (Å²) in [5, 5.41) is 10.6. The van der Waals surface area contributed by atoms with Crippen LogP contribution in [0.25, 0.3) is 0 Å². The van der Waals surface area contributed by atoms with Crippen molar-refractivity contribution < 1.29 is 80.2 Å². The maximum atomic E-state index is 13.1. The number of aliphatic hydroxyl groups is 1. The summed E-state index contributed by atoms with van der Waals surface area (Å²) >= 11 is 0. The van der Waals surface area contributed by atoms with Crippen molar-refractivity contribution >= 4 is 39.5 Å². The zero-order chi connectivity index (χ0) is 73.0. The highest BCUT2D eigenvalue weighted by molar-refractivity contribution is 7.47. The van der Waals surface area contributed by atoms with E-state index in [1.807, 2.05) is 0 Å². The second-order valence-corrected chi connectivity index (χ2v) is 33.1. The molecule has 0 amide bonds. The molecule has 0 aromatic heterocycles. The first-order valence-corrected chi connectivity index (χ1v) is 44.3. The predicted octanol–water partition coefficient (Wildman–Crippen LogP) is 23.7. The first-order valence-electron chi connectivity index (χ1n) is 41.3. The molecule has 0 radical (unpaired) electrons. The lowest BCUT2D eigenvalue weighted by Crippen LogP contribution is -2.30. The van der Waals surface area contributed by atoms with E-state index in [1.165, 1.54) is 225 Å². The first-order chi connectivity index (χ1) is 47.7. The van der Waals surface area contributed by atoms with Crippen LogP contribution in [0.1, 0.15) is 414 Å². The topological polar surface area (TPSA) is 237 Å². The first kappa shape index (κ1) is 97.1. The van der Waals surface area contributed by atoms with Crippen molar-refractivity contribution in [3.8, 4) is 0 Å². The van der Waals surface area contributed by atoms with Crippen LogP contribution in [0.5, 0.6) is 0 Å². The number of unbranched alkanes of at least 4 members (excludes halogenated alkanes) is 46. The van der Waals surface area contributed by atoms with Gasteiger partial charge in [0.1, 0.15) is 19.3 Å². The molecule has 0 aromatic rings. The van der Waals surface area contributed by atoms with Crippen LogP contribution in [-0.2, 0) is 65.4 Å². The maximum Gasteiger partial charge on any atom is 0.472 e. The van der Waals surface area contributed by atoms with Gasteiger partial charge in [-0.2, -0.15) is 0 Å². The molecule has 0 aliphatic heterocycles. The van der Waals surface area contributed by atoms with E-state index in [9.17, 15) is 43.2 Å². The van der Waals surface area contributed by atoms with Gasteiger partial charge >= 0.3 is 39.5 Å². The summed E-state index contributed by atoms with van der Waals surface area (Å²) < 4.78 is 68.6. The second kappa shape index (κ2) is 70.4.